The minimum absolute atomic E-state index is 0.0158. The number of carbonyl (C=O) groups excluding carboxylic acids is 1. The molecule has 6 aromatic rings. The smallest absolute Gasteiger partial charge is 0.280 e. The minimum Gasteiger partial charge on any atom is -0.394 e. The van der Waals surface area contributed by atoms with Crippen LogP contribution in [0.25, 0.3) is 22.6 Å². The Kier molecular flexibility index (Phi) is 8.89. The quantitative estimate of drug-likeness (QED) is 0.165. The van der Waals surface area contributed by atoms with E-state index in [1.165, 1.54) is 9.47 Å². The van der Waals surface area contributed by atoms with Gasteiger partial charge in [-0.3, -0.25) is 24.0 Å². The highest BCUT2D eigenvalue weighted by Crippen LogP contribution is 2.45. The lowest BCUT2D eigenvalue weighted by Crippen LogP contribution is -2.54. The fraction of sp³-hybridized carbons (Fsp3) is 0.231. The molecule has 3 heterocycles. The molecule has 11 heteroatoms. The lowest BCUT2D eigenvalue weighted by atomic mass is 9.75. The molecule has 0 bridgehead atoms. The summed E-state index contributed by atoms with van der Waals surface area (Å²) < 4.78 is 7.45. The van der Waals surface area contributed by atoms with Gasteiger partial charge >= 0.3 is 0 Å². The van der Waals surface area contributed by atoms with Crippen molar-refractivity contribution < 1.29 is 24.9 Å². The van der Waals surface area contributed by atoms with E-state index in [4.69, 9.17) is 9.72 Å². The van der Waals surface area contributed by atoms with Crippen LogP contribution in [0.3, 0.4) is 0 Å². The predicted molar refractivity (Wildman–Crippen MR) is 188 cm³/mol. The first-order valence-electron chi connectivity index (χ1n) is 16.5. The van der Waals surface area contributed by atoms with Gasteiger partial charge in [-0.25, -0.2) is 4.98 Å². The highest BCUT2D eigenvalue weighted by Gasteiger charge is 2.49. The molecule has 4 N–H and O–H groups in total. The van der Waals surface area contributed by atoms with Crippen LogP contribution < -0.4 is 10.5 Å². The Hall–Kier alpha value is -5.46. The van der Waals surface area contributed by atoms with Gasteiger partial charge in [0.2, 0.25) is 11.9 Å². The van der Waals surface area contributed by atoms with Crippen molar-refractivity contribution in [2.24, 2.45) is 5.92 Å². The first-order chi connectivity index (χ1) is 24.3. The zero-order valence-corrected chi connectivity index (χ0v) is 27.5. The number of hydrogen-bond donors (Lipinski definition) is 4. The summed E-state index contributed by atoms with van der Waals surface area (Å²) in [6.45, 7) is 3.02. The van der Waals surface area contributed by atoms with Crippen molar-refractivity contribution in [1.29, 1.82) is 0 Å². The summed E-state index contributed by atoms with van der Waals surface area (Å²) in [6.07, 6.45) is -5.30. The number of aromatic nitrogens is 4. The highest BCUT2D eigenvalue weighted by atomic mass is 16.6. The molecule has 0 spiro atoms. The molecule has 50 heavy (non-hydrogen) atoms. The van der Waals surface area contributed by atoms with Gasteiger partial charge in [-0.2, -0.15) is 4.98 Å². The fourth-order valence-corrected chi connectivity index (χ4v) is 6.82. The summed E-state index contributed by atoms with van der Waals surface area (Å²) in [7, 11) is 0. The van der Waals surface area contributed by atoms with E-state index in [1.807, 2.05) is 97.1 Å². The second kappa shape index (κ2) is 13.4. The first-order valence-corrected chi connectivity index (χ1v) is 16.5. The summed E-state index contributed by atoms with van der Waals surface area (Å²) in [5.41, 5.74) is 0.824. The number of fused-ring (bicyclic) bond motifs is 1. The number of aliphatic hydroxyl groups is 3. The molecule has 11 nitrogen and oxygen atoms in total. The van der Waals surface area contributed by atoms with Crippen LogP contribution in [0.15, 0.2) is 126 Å². The topological polar surface area (TPSA) is 154 Å². The third kappa shape index (κ3) is 5.40. The number of nitrogens with one attached hydrogen (secondary N) is 1. The Morgan fingerprint density at radius 1 is 0.820 bits per heavy atom. The van der Waals surface area contributed by atoms with Crippen LogP contribution in [0, 0.1) is 5.92 Å². The van der Waals surface area contributed by atoms with Gasteiger partial charge in [-0.05, 0) is 16.7 Å². The van der Waals surface area contributed by atoms with E-state index in [-0.39, 0.29) is 28.8 Å². The van der Waals surface area contributed by atoms with Crippen molar-refractivity contribution in [3.05, 3.63) is 148 Å². The zero-order valence-electron chi connectivity index (χ0n) is 27.5. The molecule has 1 saturated heterocycles. The van der Waals surface area contributed by atoms with E-state index < -0.39 is 48.2 Å². The van der Waals surface area contributed by atoms with Crippen molar-refractivity contribution in [3.8, 4) is 11.4 Å². The second-order valence-corrected chi connectivity index (χ2v) is 12.6. The van der Waals surface area contributed by atoms with Gasteiger partial charge in [0, 0.05) is 11.5 Å². The van der Waals surface area contributed by atoms with E-state index in [1.54, 1.807) is 38.1 Å². The molecule has 2 aromatic heterocycles. The van der Waals surface area contributed by atoms with Gasteiger partial charge in [0.15, 0.2) is 17.4 Å². The monoisotopic (exact) mass is 671 g/mol. The highest BCUT2D eigenvalue weighted by molar-refractivity contribution is 5.97. The first kappa shape index (κ1) is 33.1. The van der Waals surface area contributed by atoms with Gasteiger partial charge in [0.25, 0.3) is 5.56 Å². The van der Waals surface area contributed by atoms with E-state index in [2.05, 4.69) is 9.97 Å². The SMILES string of the molecule is CC(C)C(=O)N(c1nc2c(nc(-c3ccccc3)n2[C@@H]2O[C@H](CO)[C@@H](O)[C@H]2O)c(=O)[nH]1)C(c1ccccc1)(c1ccccc1)c1ccccc1. The number of aromatic amines is 1. The Labute approximate surface area is 288 Å². The number of nitrogens with zero attached hydrogens (tertiary/aromatic N) is 4. The summed E-state index contributed by atoms with van der Waals surface area (Å²) in [4.78, 5) is 43.1. The average molecular weight is 672 g/mol. The normalized spacial score (nSPS) is 19.2. The molecule has 1 aliphatic rings. The number of hydrogen-bond acceptors (Lipinski definition) is 8. The number of H-pyrrole nitrogens is 1. The van der Waals surface area contributed by atoms with E-state index in [0.29, 0.717) is 5.56 Å². The Bertz CT molecular complexity index is 2060. The second-order valence-electron chi connectivity index (χ2n) is 12.6. The van der Waals surface area contributed by atoms with Crippen LogP contribution >= 0.6 is 0 Å². The van der Waals surface area contributed by atoms with Crippen molar-refractivity contribution in [3.63, 3.8) is 0 Å². The third-order valence-electron chi connectivity index (χ3n) is 9.18. The number of ether oxygens (including phenoxy) is 1. The van der Waals surface area contributed by atoms with Crippen LogP contribution in [0.1, 0.15) is 36.8 Å². The maximum Gasteiger partial charge on any atom is 0.280 e. The third-order valence-corrected chi connectivity index (χ3v) is 9.18. The van der Waals surface area contributed by atoms with Crippen LogP contribution in [-0.4, -0.2) is 65.7 Å². The van der Waals surface area contributed by atoms with Crippen molar-refractivity contribution >= 4 is 23.0 Å². The maximum absolute atomic E-state index is 14.8. The van der Waals surface area contributed by atoms with Crippen molar-refractivity contribution in [2.75, 3.05) is 11.5 Å². The number of anilines is 1. The van der Waals surface area contributed by atoms with Crippen LogP contribution in [0.2, 0.25) is 0 Å². The van der Waals surface area contributed by atoms with Crippen molar-refractivity contribution in [2.45, 2.75) is 43.9 Å². The fourth-order valence-electron chi connectivity index (χ4n) is 6.82. The average Bonchev–Trinajstić information content (AvgIpc) is 3.68. The maximum atomic E-state index is 14.8. The molecule has 0 radical (unpaired) electrons. The lowest BCUT2D eigenvalue weighted by molar-refractivity contribution is -0.122. The number of aliphatic hydroxyl groups excluding tert-OH is 3. The summed E-state index contributed by atoms with van der Waals surface area (Å²) >= 11 is 0. The van der Waals surface area contributed by atoms with Crippen LogP contribution in [-0.2, 0) is 15.1 Å². The van der Waals surface area contributed by atoms with Gasteiger partial charge in [0.1, 0.15) is 29.7 Å². The Balaban J connectivity index is 1.59. The molecule has 0 unspecified atom stereocenters. The van der Waals surface area contributed by atoms with Gasteiger partial charge in [-0.15, -0.1) is 0 Å². The van der Waals surface area contributed by atoms with E-state index in [9.17, 15) is 24.9 Å². The summed E-state index contributed by atoms with van der Waals surface area (Å²) in [5.74, 6) is -0.693. The lowest BCUT2D eigenvalue weighted by Gasteiger charge is -2.45. The summed E-state index contributed by atoms with van der Waals surface area (Å²) in [5, 5.41) is 31.9. The molecule has 7 rings (SSSR count). The van der Waals surface area contributed by atoms with Crippen LogP contribution in [0.5, 0.6) is 0 Å². The molecule has 0 saturated carbocycles. The zero-order chi connectivity index (χ0) is 35.0. The molecule has 4 aromatic carbocycles. The number of benzene rings is 4. The predicted octanol–water partition coefficient (Wildman–Crippen LogP) is 4.38. The molecule has 1 aliphatic heterocycles. The Morgan fingerprint density at radius 2 is 1.32 bits per heavy atom. The number of amides is 1. The molecule has 1 amide bonds. The molecular weight excluding hydrogens is 634 g/mol. The molecule has 1 fully saturated rings. The number of imidazole rings is 1. The molecule has 0 aliphatic carbocycles. The standard InChI is InChI=1S/C39H37N5O6/c1-24(2)36(49)44(39(26-17-9-4-10-18-26,27-19-11-5-12-20-27)28-21-13-6-14-22-28)38-41-34-30(35(48)42-38)40-33(25-15-7-3-8-16-25)43(34)37-32(47)31(46)29(23-45)50-37/h3-22,24,29,31-32,37,45-47H,23H2,1-2H3,(H,41,42,48)/t29-,31-,32-,37-/m1/s1. The molecule has 254 valence electrons. The number of carbonyl (C=O) groups is 1. The minimum atomic E-state index is -1.50. The van der Waals surface area contributed by atoms with E-state index in [0.717, 1.165) is 16.7 Å². The van der Waals surface area contributed by atoms with Gasteiger partial charge in [-0.1, -0.05) is 135 Å². The van der Waals surface area contributed by atoms with Crippen LogP contribution in [0.4, 0.5) is 5.95 Å². The molecule has 4 atom stereocenters. The van der Waals surface area contributed by atoms with Crippen molar-refractivity contribution in [1.82, 2.24) is 19.5 Å². The molecular formula is C39H37N5O6. The number of rotatable bonds is 9. The van der Waals surface area contributed by atoms with E-state index >= 15 is 0 Å². The van der Waals surface area contributed by atoms with Gasteiger partial charge < -0.3 is 20.1 Å². The summed E-state index contributed by atoms with van der Waals surface area (Å²) in [6, 6.07) is 37.7. The largest absolute Gasteiger partial charge is 0.394 e. The Morgan fingerprint density at radius 3 is 1.78 bits per heavy atom. The van der Waals surface area contributed by atoms with Gasteiger partial charge in [0.05, 0.1) is 6.61 Å².